The molecular formula is C18H31N3O3S. The van der Waals surface area contributed by atoms with Crippen molar-refractivity contribution < 1.29 is 13.2 Å². The number of hydrogen-bond donors (Lipinski definition) is 2. The summed E-state index contributed by atoms with van der Waals surface area (Å²) < 4.78 is 27.0. The van der Waals surface area contributed by atoms with Crippen molar-refractivity contribution in [3.8, 4) is 0 Å². The molecule has 0 bridgehead atoms. The average Bonchev–Trinajstić information content (AvgIpc) is 2.60. The van der Waals surface area contributed by atoms with Crippen LogP contribution in [0.5, 0.6) is 0 Å². The van der Waals surface area contributed by atoms with Crippen LogP contribution in [0.15, 0.2) is 29.2 Å². The summed E-state index contributed by atoms with van der Waals surface area (Å²) in [6.45, 7) is 12.4. The fraction of sp³-hybridized carbons (Fsp3) is 0.611. The number of rotatable bonds is 10. The summed E-state index contributed by atoms with van der Waals surface area (Å²) in [5.41, 5.74) is 0.453. The lowest BCUT2D eigenvalue weighted by atomic mass is 10.2. The van der Waals surface area contributed by atoms with Gasteiger partial charge >= 0.3 is 0 Å². The van der Waals surface area contributed by atoms with Crippen LogP contribution in [0.25, 0.3) is 0 Å². The van der Waals surface area contributed by atoms with E-state index >= 15 is 0 Å². The van der Waals surface area contributed by atoms with Gasteiger partial charge in [0, 0.05) is 24.2 Å². The van der Waals surface area contributed by atoms with Crippen molar-refractivity contribution in [3.63, 3.8) is 0 Å². The van der Waals surface area contributed by atoms with Gasteiger partial charge in [-0.15, -0.1) is 0 Å². The standard InChI is InChI=1S/C18H31N3O3S/c1-6-14(4)20-25(23,24)17-11-9-16(10-12-17)18(22)19-13-15(5)21(7-2)8-3/h9-12,14-15,20H,6-8,13H2,1-5H3,(H,19,22). The SMILES string of the molecule is CCC(C)NS(=O)(=O)c1ccc(C(=O)NCC(C)N(CC)CC)cc1. The van der Waals surface area contributed by atoms with Gasteiger partial charge < -0.3 is 5.32 Å². The van der Waals surface area contributed by atoms with E-state index in [1.807, 2.05) is 13.8 Å². The minimum Gasteiger partial charge on any atom is -0.350 e. The third-order valence-corrected chi connectivity index (χ3v) is 5.99. The minimum absolute atomic E-state index is 0.130. The molecule has 0 heterocycles. The molecule has 0 saturated carbocycles. The summed E-state index contributed by atoms with van der Waals surface area (Å²) in [5, 5.41) is 2.90. The van der Waals surface area contributed by atoms with Crippen molar-refractivity contribution in [2.24, 2.45) is 0 Å². The number of sulfonamides is 1. The highest BCUT2D eigenvalue weighted by Gasteiger charge is 2.17. The summed E-state index contributed by atoms with van der Waals surface area (Å²) in [4.78, 5) is 14.7. The average molecular weight is 370 g/mol. The molecule has 0 aliphatic heterocycles. The Morgan fingerprint density at radius 1 is 1.08 bits per heavy atom. The van der Waals surface area contributed by atoms with E-state index in [1.165, 1.54) is 12.1 Å². The predicted molar refractivity (Wildman–Crippen MR) is 101 cm³/mol. The summed E-state index contributed by atoms with van der Waals surface area (Å²) in [6, 6.07) is 6.14. The van der Waals surface area contributed by atoms with E-state index < -0.39 is 10.0 Å². The van der Waals surface area contributed by atoms with Crippen molar-refractivity contribution >= 4 is 15.9 Å². The molecular weight excluding hydrogens is 338 g/mol. The molecule has 1 amide bonds. The molecule has 25 heavy (non-hydrogen) atoms. The highest BCUT2D eigenvalue weighted by molar-refractivity contribution is 7.89. The molecule has 0 spiro atoms. The van der Waals surface area contributed by atoms with Crippen LogP contribution in [0.1, 0.15) is 51.4 Å². The lowest BCUT2D eigenvalue weighted by Gasteiger charge is -2.26. The molecule has 0 saturated heterocycles. The van der Waals surface area contributed by atoms with Gasteiger partial charge in [-0.3, -0.25) is 9.69 Å². The number of carbonyl (C=O) groups excluding carboxylic acids is 1. The molecule has 2 atom stereocenters. The largest absolute Gasteiger partial charge is 0.350 e. The molecule has 2 unspecified atom stereocenters. The third kappa shape index (κ3) is 6.41. The number of nitrogens with zero attached hydrogens (tertiary/aromatic N) is 1. The first-order valence-corrected chi connectivity index (χ1v) is 10.4. The van der Waals surface area contributed by atoms with Crippen LogP contribution < -0.4 is 10.0 Å². The molecule has 1 aromatic carbocycles. The Morgan fingerprint density at radius 3 is 2.12 bits per heavy atom. The Bertz CT molecular complexity index is 640. The van der Waals surface area contributed by atoms with E-state index in [0.717, 1.165) is 13.1 Å². The van der Waals surface area contributed by atoms with Crippen LogP contribution in [0, 0.1) is 0 Å². The monoisotopic (exact) mass is 369 g/mol. The Labute approximate surface area is 152 Å². The molecule has 1 rings (SSSR count). The van der Waals surface area contributed by atoms with E-state index in [0.29, 0.717) is 18.5 Å². The first-order valence-electron chi connectivity index (χ1n) is 8.89. The van der Waals surface area contributed by atoms with Crippen molar-refractivity contribution in [2.75, 3.05) is 19.6 Å². The molecule has 2 N–H and O–H groups in total. The number of amides is 1. The van der Waals surface area contributed by atoms with E-state index in [9.17, 15) is 13.2 Å². The van der Waals surface area contributed by atoms with Gasteiger partial charge in [-0.25, -0.2) is 13.1 Å². The first kappa shape index (κ1) is 21.6. The maximum absolute atomic E-state index is 12.2. The predicted octanol–water partition coefficient (Wildman–Crippen LogP) is 2.22. The zero-order valence-electron chi connectivity index (χ0n) is 15.9. The molecule has 1 aromatic rings. The van der Waals surface area contributed by atoms with Crippen LogP contribution in [0.3, 0.4) is 0 Å². The molecule has 0 radical (unpaired) electrons. The van der Waals surface area contributed by atoms with Crippen LogP contribution >= 0.6 is 0 Å². The number of benzene rings is 1. The molecule has 142 valence electrons. The smallest absolute Gasteiger partial charge is 0.251 e. The lowest BCUT2D eigenvalue weighted by molar-refractivity contribution is 0.0938. The summed E-state index contributed by atoms with van der Waals surface area (Å²) in [7, 11) is -3.55. The highest BCUT2D eigenvalue weighted by atomic mass is 32.2. The van der Waals surface area contributed by atoms with Crippen molar-refractivity contribution in [3.05, 3.63) is 29.8 Å². The fourth-order valence-electron chi connectivity index (χ4n) is 2.52. The van der Waals surface area contributed by atoms with Gasteiger partial charge in [0.15, 0.2) is 0 Å². The molecule has 0 aliphatic rings. The van der Waals surface area contributed by atoms with Gasteiger partial charge in [0.2, 0.25) is 10.0 Å². The summed E-state index contributed by atoms with van der Waals surface area (Å²) in [5.74, 6) is -0.196. The van der Waals surface area contributed by atoms with Crippen LogP contribution in [0.2, 0.25) is 0 Å². The molecule has 7 heteroatoms. The van der Waals surface area contributed by atoms with Crippen LogP contribution in [-0.4, -0.2) is 50.9 Å². The molecule has 0 fully saturated rings. The van der Waals surface area contributed by atoms with Crippen molar-refractivity contribution in [1.29, 1.82) is 0 Å². The van der Waals surface area contributed by atoms with Gasteiger partial charge in [-0.2, -0.15) is 0 Å². The maximum atomic E-state index is 12.2. The topological polar surface area (TPSA) is 78.5 Å². The quantitative estimate of drug-likeness (QED) is 0.663. The van der Waals surface area contributed by atoms with Gasteiger partial charge in [0.1, 0.15) is 0 Å². The van der Waals surface area contributed by atoms with Gasteiger partial charge in [0.05, 0.1) is 4.90 Å². The lowest BCUT2D eigenvalue weighted by Crippen LogP contribution is -2.42. The Balaban J connectivity index is 2.71. The van der Waals surface area contributed by atoms with Gasteiger partial charge in [0.25, 0.3) is 5.91 Å². The van der Waals surface area contributed by atoms with Gasteiger partial charge in [-0.1, -0.05) is 20.8 Å². The second kappa shape index (κ2) is 9.89. The second-order valence-electron chi connectivity index (χ2n) is 6.24. The zero-order chi connectivity index (χ0) is 19.0. The van der Waals surface area contributed by atoms with Crippen LogP contribution in [-0.2, 0) is 10.0 Å². The first-order chi connectivity index (χ1) is 11.7. The van der Waals surface area contributed by atoms with E-state index in [-0.39, 0.29) is 22.9 Å². The zero-order valence-corrected chi connectivity index (χ0v) is 16.7. The molecule has 0 aromatic heterocycles. The summed E-state index contributed by atoms with van der Waals surface area (Å²) in [6.07, 6.45) is 0.713. The Kier molecular flexibility index (Phi) is 8.55. The second-order valence-corrected chi connectivity index (χ2v) is 7.95. The molecule has 6 nitrogen and oxygen atoms in total. The summed E-state index contributed by atoms with van der Waals surface area (Å²) >= 11 is 0. The number of carbonyl (C=O) groups is 1. The third-order valence-electron chi connectivity index (χ3n) is 4.39. The van der Waals surface area contributed by atoms with Gasteiger partial charge in [-0.05, 0) is 57.6 Å². The number of likely N-dealkylation sites (N-methyl/N-ethyl adjacent to an activating group) is 1. The highest BCUT2D eigenvalue weighted by Crippen LogP contribution is 2.12. The van der Waals surface area contributed by atoms with E-state index in [4.69, 9.17) is 0 Å². The maximum Gasteiger partial charge on any atom is 0.251 e. The minimum atomic E-state index is -3.55. The number of nitrogens with one attached hydrogen (secondary N) is 2. The van der Waals surface area contributed by atoms with Crippen molar-refractivity contribution in [2.45, 2.75) is 58.0 Å². The van der Waals surface area contributed by atoms with Crippen LogP contribution in [0.4, 0.5) is 0 Å². The Hall–Kier alpha value is -1.44. The fourth-order valence-corrected chi connectivity index (χ4v) is 3.85. The Morgan fingerprint density at radius 2 is 1.64 bits per heavy atom. The van der Waals surface area contributed by atoms with Crippen molar-refractivity contribution in [1.82, 2.24) is 14.9 Å². The van der Waals surface area contributed by atoms with E-state index in [2.05, 4.69) is 35.7 Å². The normalized spacial score (nSPS) is 14.3. The number of hydrogen-bond acceptors (Lipinski definition) is 4. The molecule has 0 aliphatic carbocycles. The van der Waals surface area contributed by atoms with E-state index in [1.54, 1.807) is 12.1 Å².